The van der Waals surface area contributed by atoms with Gasteiger partial charge in [-0.05, 0) is 25.2 Å². The lowest BCUT2D eigenvalue weighted by Gasteiger charge is -2.14. The second-order valence-corrected chi connectivity index (χ2v) is 5.81. The highest BCUT2D eigenvalue weighted by Gasteiger charge is 2.34. The number of carboxylic acid groups (broad SMARTS) is 1. The van der Waals surface area contributed by atoms with Crippen LogP contribution in [0.1, 0.15) is 32.1 Å². The van der Waals surface area contributed by atoms with Crippen LogP contribution < -0.4 is 0 Å². The molecule has 1 aliphatic rings. The summed E-state index contributed by atoms with van der Waals surface area (Å²) in [6.07, 6.45) is 5.12. The zero-order chi connectivity index (χ0) is 15.2. The molecule has 1 rings (SSSR count). The van der Waals surface area contributed by atoms with Gasteiger partial charge < -0.3 is 5.11 Å². The average molecular weight is 306 g/mol. The highest BCUT2D eigenvalue weighted by molar-refractivity contribution is 7.80. The van der Waals surface area contributed by atoms with Gasteiger partial charge in [-0.3, -0.25) is 14.1 Å². The van der Waals surface area contributed by atoms with Gasteiger partial charge in [0.05, 0.1) is 6.61 Å². The first-order valence-corrected chi connectivity index (χ1v) is 7.67. The molecule has 0 saturated heterocycles. The molecule has 0 aromatic rings. The molecule has 114 valence electrons. The Morgan fingerprint density at radius 2 is 2.10 bits per heavy atom. The zero-order valence-corrected chi connectivity index (χ0v) is 11.7. The molecule has 20 heavy (non-hydrogen) atoms. The lowest BCUT2D eigenvalue weighted by Crippen LogP contribution is -2.17. The number of allylic oxidation sites excluding steroid dienone is 1. The molecule has 0 radical (unpaired) electrons. The van der Waals surface area contributed by atoms with Gasteiger partial charge in [0.15, 0.2) is 0 Å². The number of carbonyl (C=O) groups excluding carboxylic acids is 1. The minimum absolute atomic E-state index is 0.00386. The summed E-state index contributed by atoms with van der Waals surface area (Å²) >= 11 is 0. The first kappa shape index (κ1) is 16.8. The molecule has 0 bridgehead atoms. The molecule has 8 heteroatoms. The highest BCUT2D eigenvalue weighted by atomic mass is 32.3. The monoisotopic (exact) mass is 306 g/mol. The summed E-state index contributed by atoms with van der Waals surface area (Å²) in [7, 11) is -4.41. The molecule has 0 spiro atoms. The summed E-state index contributed by atoms with van der Waals surface area (Å²) in [4.78, 5) is 22.3. The van der Waals surface area contributed by atoms with Crippen LogP contribution in [0.2, 0.25) is 0 Å². The van der Waals surface area contributed by atoms with Crippen LogP contribution in [-0.2, 0) is 24.2 Å². The molecule has 0 aliphatic heterocycles. The Balaban J connectivity index is 2.35. The van der Waals surface area contributed by atoms with E-state index in [4.69, 9.17) is 9.66 Å². The van der Waals surface area contributed by atoms with Gasteiger partial charge in [0.1, 0.15) is 5.78 Å². The Hall–Kier alpha value is -1.25. The molecule has 2 atom stereocenters. The maximum absolute atomic E-state index is 11.7. The van der Waals surface area contributed by atoms with Crippen molar-refractivity contribution >= 4 is 22.2 Å². The van der Waals surface area contributed by atoms with E-state index >= 15 is 0 Å². The maximum Gasteiger partial charge on any atom is 0.397 e. The third kappa shape index (κ3) is 6.27. The lowest BCUT2D eigenvalue weighted by molar-refractivity contribution is -0.138. The molecule has 7 nitrogen and oxygen atoms in total. The molecule has 0 aromatic carbocycles. The van der Waals surface area contributed by atoms with Crippen molar-refractivity contribution in [2.45, 2.75) is 32.1 Å². The number of Topliss-reactive ketones (excluding diaryl/α,β-unsaturated/α-hetero) is 1. The van der Waals surface area contributed by atoms with Gasteiger partial charge in [0.2, 0.25) is 0 Å². The first-order chi connectivity index (χ1) is 9.29. The molecule has 0 amide bonds. The Morgan fingerprint density at radius 1 is 1.40 bits per heavy atom. The molecule has 2 N–H and O–H groups in total. The number of hydrogen-bond donors (Lipinski definition) is 2. The Morgan fingerprint density at radius 3 is 2.70 bits per heavy atom. The van der Waals surface area contributed by atoms with Crippen LogP contribution in [0.5, 0.6) is 0 Å². The standard InChI is InChI=1S/C12H18O7S/c13-11-6-5-9(8-12(14)15)10(11)4-2-1-3-7-19-20(16,17)18/h1-2,9-10H,3-8H2,(H,14,15)(H,16,17,18)/b2-1-/t9-,10+/m1/s1. The van der Waals surface area contributed by atoms with Gasteiger partial charge in [0.25, 0.3) is 0 Å². The topological polar surface area (TPSA) is 118 Å². The van der Waals surface area contributed by atoms with Crippen LogP contribution in [0.3, 0.4) is 0 Å². The van der Waals surface area contributed by atoms with E-state index in [0.717, 1.165) is 0 Å². The number of hydrogen-bond acceptors (Lipinski definition) is 5. The first-order valence-electron chi connectivity index (χ1n) is 6.31. The zero-order valence-electron chi connectivity index (χ0n) is 10.9. The normalized spacial score (nSPS) is 23.6. The fourth-order valence-electron chi connectivity index (χ4n) is 2.35. The summed E-state index contributed by atoms with van der Waals surface area (Å²) < 4.78 is 33.0. The third-order valence-electron chi connectivity index (χ3n) is 3.25. The fourth-order valence-corrected chi connectivity index (χ4v) is 2.66. The van der Waals surface area contributed by atoms with Gasteiger partial charge in [0, 0.05) is 18.8 Å². The Labute approximate surface area is 117 Å². The van der Waals surface area contributed by atoms with Crippen molar-refractivity contribution in [2.24, 2.45) is 11.8 Å². The van der Waals surface area contributed by atoms with Crippen LogP contribution in [0.15, 0.2) is 12.2 Å². The van der Waals surface area contributed by atoms with Gasteiger partial charge in [-0.2, -0.15) is 8.42 Å². The number of carboxylic acids is 1. The minimum Gasteiger partial charge on any atom is -0.481 e. The van der Waals surface area contributed by atoms with E-state index in [-0.39, 0.29) is 37.1 Å². The van der Waals surface area contributed by atoms with Gasteiger partial charge in [-0.1, -0.05) is 12.2 Å². The molecule has 0 unspecified atom stereocenters. The van der Waals surface area contributed by atoms with E-state index in [2.05, 4.69) is 4.18 Å². The van der Waals surface area contributed by atoms with Crippen molar-refractivity contribution in [3.8, 4) is 0 Å². The van der Waals surface area contributed by atoms with Crippen LogP contribution in [0.25, 0.3) is 0 Å². The molecule has 1 saturated carbocycles. The van der Waals surface area contributed by atoms with Gasteiger partial charge in [-0.25, -0.2) is 4.18 Å². The SMILES string of the molecule is O=C(O)C[C@H]1CCC(=O)[C@H]1C/C=C\CCOS(=O)(=O)O. The second-order valence-electron chi connectivity index (χ2n) is 4.71. The molecule has 1 fully saturated rings. The highest BCUT2D eigenvalue weighted by Crippen LogP contribution is 2.33. The predicted molar refractivity (Wildman–Crippen MR) is 69.3 cm³/mol. The van der Waals surface area contributed by atoms with Gasteiger partial charge in [-0.15, -0.1) is 0 Å². The average Bonchev–Trinajstić information content (AvgIpc) is 2.63. The number of rotatable bonds is 8. The summed E-state index contributed by atoms with van der Waals surface area (Å²) in [6, 6.07) is 0. The van der Waals surface area contributed by atoms with Crippen molar-refractivity contribution in [1.29, 1.82) is 0 Å². The van der Waals surface area contributed by atoms with E-state index in [0.29, 0.717) is 19.3 Å². The summed E-state index contributed by atoms with van der Waals surface area (Å²) in [5.74, 6) is -1.22. The molecular weight excluding hydrogens is 288 g/mol. The van der Waals surface area contributed by atoms with Crippen molar-refractivity contribution in [1.82, 2.24) is 0 Å². The smallest absolute Gasteiger partial charge is 0.397 e. The van der Waals surface area contributed by atoms with Crippen LogP contribution in [-0.4, -0.2) is 36.4 Å². The van der Waals surface area contributed by atoms with Crippen molar-refractivity contribution < 1.29 is 31.8 Å². The van der Waals surface area contributed by atoms with E-state index in [1.165, 1.54) is 0 Å². The summed E-state index contributed by atoms with van der Waals surface area (Å²) in [6.45, 7) is -0.174. The number of ketones is 1. The van der Waals surface area contributed by atoms with E-state index in [1.807, 2.05) is 0 Å². The van der Waals surface area contributed by atoms with E-state index < -0.39 is 16.4 Å². The maximum atomic E-state index is 11.7. The van der Waals surface area contributed by atoms with Crippen LogP contribution in [0.4, 0.5) is 0 Å². The summed E-state index contributed by atoms with van der Waals surface area (Å²) in [5.41, 5.74) is 0. The molecular formula is C12H18O7S. The van der Waals surface area contributed by atoms with E-state index in [1.54, 1.807) is 12.2 Å². The number of aliphatic carboxylic acids is 1. The van der Waals surface area contributed by atoms with E-state index in [9.17, 15) is 18.0 Å². The predicted octanol–water partition coefficient (Wildman–Crippen LogP) is 1.21. The minimum atomic E-state index is -4.41. The van der Waals surface area contributed by atoms with Crippen LogP contribution >= 0.6 is 0 Å². The second kappa shape index (κ2) is 7.51. The van der Waals surface area contributed by atoms with Gasteiger partial charge >= 0.3 is 16.4 Å². The Kier molecular flexibility index (Phi) is 6.31. The Bertz CT molecular complexity index is 480. The number of carbonyl (C=O) groups is 2. The lowest BCUT2D eigenvalue weighted by atomic mass is 9.89. The molecule has 0 aromatic heterocycles. The largest absolute Gasteiger partial charge is 0.481 e. The van der Waals surface area contributed by atoms with Crippen molar-refractivity contribution in [2.75, 3.05) is 6.61 Å². The molecule has 1 aliphatic carbocycles. The van der Waals surface area contributed by atoms with Crippen molar-refractivity contribution in [3.63, 3.8) is 0 Å². The van der Waals surface area contributed by atoms with Crippen LogP contribution in [0, 0.1) is 11.8 Å². The third-order valence-corrected chi connectivity index (χ3v) is 3.72. The summed E-state index contributed by atoms with van der Waals surface area (Å²) in [5, 5.41) is 8.77. The molecule has 0 heterocycles. The fraction of sp³-hybridized carbons (Fsp3) is 0.667. The quantitative estimate of drug-likeness (QED) is 0.393. The van der Waals surface area contributed by atoms with Crippen molar-refractivity contribution in [3.05, 3.63) is 12.2 Å².